The van der Waals surface area contributed by atoms with Gasteiger partial charge in [0, 0.05) is 13.0 Å². The molecule has 1 fully saturated rings. The van der Waals surface area contributed by atoms with Crippen molar-refractivity contribution in [1.29, 1.82) is 0 Å². The summed E-state index contributed by atoms with van der Waals surface area (Å²) in [6, 6.07) is -0.498. The van der Waals surface area contributed by atoms with Crippen LogP contribution in [0, 0.1) is 0 Å². The molecule has 84 valence electrons. The number of aliphatic hydroxyl groups is 1. The predicted octanol–water partition coefficient (Wildman–Crippen LogP) is -0.585. The molecule has 1 aliphatic rings. The van der Waals surface area contributed by atoms with Crippen LogP contribution in [0.4, 0.5) is 10.6 Å². The fourth-order valence-electron chi connectivity index (χ4n) is 1.35. The topological polar surface area (TPSA) is 95.4 Å². The van der Waals surface area contributed by atoms with Crippen LogP contribution in [-0.2, 0) is 11.4 Å². The molecule has 1 aromatic heterocycles. The summed E-state index contributed by atoms with van der Waals surface area (Å²) in [6.45, 7) is 0.0930. The van der Waals surface area contributed by atoms with Gasteiger partial charge in [-0.25, -0.2) is 9.78 Å². The van der Waals surface area contributed by atoms with Gasteiger partial charge in [0.15, 0.2) is 5.82 Å². The minimum absolute atomic E-state index is 0.196. The molecule has 1 saturated heterocycles. The van der Waals surface area contributed by atoms with Crippen LogP contribution < -0.4 is 10.2 Å². The molecule has 1 aromatic rings. The lowest BCUT2D eigenvalue weighted by atomic mass is 10.3. The minimum atomic E-state index is -0.498. The van der Waals surface area contributed by atoms with Gasteiger partial charge in [-0.1, -0.05) is 0 Å². The molecule has 0 saturated carbocycles. The fraction of sp³-hybridized carbons (Fsp3) is 0.333. The second-order valence-corrected chi connectivity index (χ2v) is 3.28. The number of carbonyl (C=O) groups is 2. The van der Waals surface area contributed by atoms with E-state index >= 15 is 0 Å². The number of hydrogen-bond acceptors (Lipinski definition) is 5. The van der Waals surface area contributed by atoms with Crippen LogP contribution in [0.3, 0.4) is 0 Å². The molecule has 16 heavy (non-hydrogen) atoms. The van der Waals surface area contributed by atoms with Crippen molar-refractivity contribution in [2.24, 2.45) is 0 Å². The van der Waals surface area contributed by atoms with Crippen molar-refractivity contribution in [2.45, 2.75) is 13.0 Å². The third-order valence-electron chi connectivity index (χ3n) is 2.18. The number of rotatable bonds is 2. The van der Waals surface area contributed by atoms with E-state index in [-0.39, 0.29) is 25.5 Å². The van der Waals surface area contributed by atoms with Crippen LogP contribution in [0.15, 0.2) is 12.4 Å². The van der Waals surface area contributed by atoms with Gasteiger partial charge in [0.25, 0.3) is 0 Å². The van der Waals surface area contributed by atoms with E-state index in [1.807, 2.05) is 0 Å². The molecule has 3 amide bonds. The van der Waals surface area contributed by atoms with E-state index in [1.165, 1.54) is 17.3 Å². The third-order valence-corrected chi connectivity index (χ3v) is 2.18. The van der Waals surface area contributed by atoms with Crippen molar-refractivity contribution in [3.8, 4) is 0 Å². The van der Waals surface area contributed by atoms with Crippen molar-refractivity contribution in [1.82, 2.24) is 15.3 Å². The SMILES string of the molecule is O=C1CCN(c2cnc(CO)cn2)C(=O)N1. The smallest absolute Gasteiger partial charge is 0.329 e. The summed E-state index contributed by atoms with van der Waals surface area (Å²) in [7, 11) is 0. The average molecular weight is 222 g/mol. The van der Waals surface area contributed by atoms with E-state index in [4.69, 9.17) is 5.11 Å². The van der Waals surface area contributed by atoms with E-state index in [0.29, 0.717) is 11.5 Å². The largest absolute Gasteiger partial charge is 0.390 e. The highest BCUT2D eigenvalue weighted by molar-refractivity contribution is 6.05. The highest BCUT2D eigenvalue weighted by Crippen LogP contribution is 2.12. The number of nitrogens with zero attached hydrogens (tertiary/aromatic N) is 3. The first kappa shape index (κ1) is 10.5. The molecule has 0 spiro atoms. The number of amides is 3. The van der Waals surface area contributed by atoms with Gasteiger partial charge >= 0.3 is 6.03 Å². The Bertz CT molecular complexity index is 417. The molecule has 7 nitrogen and oxygen atoms in total. The molecule has 1 aliphatic heterocycles. The second-order valence-electron chi connectivity index (χ2n) is 3.28. The molecule has 0 bridgehead atoms. The lowest BCUT2D eigenvalue weighted by molar-refractivity contribution is -0.120. The third kappa shape index (κ3) is 1.98. The van der Waals surface area contributed by atoms with E-state index < -0.39 is 6.03 Å². The van der Waals surface area contributed by atoms with Crippen molar-refractivity contribution >= 4 is 17.8 Å². The van der Waals surface area contributed by atoms with E-state index in [2.05, 4.69) is 15.3 Å². The molecule has 2 heterocycles. The molecule has 2 rings (SSSR count). The number of aliphatic hydroxyl groups excluding tert-OH is 1. The Labute approximate surface area is 91.1 Å². The van der Waals surface area contributed by atoms with Crippen molar-refractivity contribution in [3.63, 3.8) is 0 Å². The molecule has 0 aromatic carbocycles. The predicted molar refractivity (Wildman–Crippen MR) is 53.5 cm³/mol. The van der Waals surface area contributed by atoms with E-state index in [1.54, 1.807) is 0 Å². The van der Waals surface area contributed by atoms with Crippen molar-refractivity contribution < 1.29 is 14.7 Å². The Hall–Kier alpha value is -2.02. The van der Waals surface area contributed by atoms with E-state index in [0.717, 1.165) is 0 Å². The van der Waals surface area contributed by atoms with Crippen LogP contribution in [0.5, 0.6) is 0 Å². The minimum Gasteiger partial charge on any atom is -0.390 e. The average Bonchev–Trinajstić information content (AvgIpc) is 2.29. The standard InChI is InChI=1S/C9H10N4O3/c14-5-6-3-11-7(4-10-6)13-2-1-8(15)12-9(13)16/h3-4,14H,1-2,5H2,(H,12,15,16). The maximum Gasteiger partial charge on any atom is 0.329 e. The van der Waals surface area contributed by atoms with Crippen molar-refractivity contribution in [3.05, 3.63) is 18.1 Å². The lowest BCUT2D eigenvalue weighted by Crippen LogP contribution is -2.49. The molecule has 7 heteroatoms. The maximum absolute atomic E-state index is 11.4. The van der Waals surface area contributed by atoms with E-state index in [9.17, 15) is 9.59 Å². The Morgan fingerprint density at radius 2 is 2.19 bits per heavy atom. The first-order valence-corrected chi connectivity index (χ1v) is 4.74. The van der Waals surface area contributed by atoms with Gasteiger partial charge in [0.1, 0.15) is 0 Å². The highest BCUT2D eigenvalue weighted by Gasteiger charge is 2.25. The summed E-state index contributed by atoms with van der Waals surface area (Å²) in [5.74, 6) is 0.0726. The Morgan fingerprint density at radius 3 is 2.75 bits per heavy atom. The van der Waals surface area contributed by atoms with Crippen LogP contribution in [0.2, 0.25) is 0 Å². The van der Waals surface area contributed by atoms with Gasteiger partial charge in [-0.05, 0) is 0 Å². The number of nitrogens with one attached hydrogen (secondary N) is 1. The second kappa shape index (κ2) is 4.23. The van der Waals surface area contributed by atoms with Gasteiger partial charge in [-0.2, -0.15) is 0 Å². The summed E-state index contributed by atoms with van der Waals surface area (Å²) < 4.78 is 0. The zero-order chi connectivity index (χ0) is 11.5. The van der Waals surface area contributed by atoms with Gasteiger partial charge in [0.05, 0.1) is 24.7 Å². The summed E-state index contributed by atoms with van der Waals surface area (Å²) in [5, 5.41) is 11.0. The first-order chi connectivity index (χ1) is 7.70. The fourth-order valence-corrected chi connectivity index (χ4v) is 1.35. The molecular formula is C9H10N4O3. The number of carbonyl (C=O) groups excluding carboxylic acids is 2. The van der Waals surface area contributed by atoms with Crippen LogP contribution in [0.25, 0.3) is 0 Å². The Balaban J connectivity index is 2.17. The monoisotopic (exact) mass is 222 g/mol. The summed E-state index contributed by atoms with van der Waals surface area (Å²) >= 11 is 0. The van der Waals surface area contributed by atoms with Gasteiger partial charge in [-0.3, -0.25) is 20.0 Å². The molecule has 0 unspecified atom stereocenters. The maximum atomic E-state index is 11.4. The molecule has 2 N–H and O–H groups in total. The summed E-state index contributed by atoms with van der Waals surface area (Å²) in [5.41, 5.74) is 0.428. The number of imide groups is 1. The molecule has 0 aliphatic carbocycles. The number of hydrogen-bond donors (Lipinski definition) is 2. The quantitative estimate of drug-likeness (QED) is 0.697. The van der Waals surface area contributed by atoms with Gasteiger partial charge < -0.3 is 5.11 Å². The number of aromatic nitrogens is 2. The molecule has 0 radical (unpaired) electrons. The van der Waals surface area contributed by atoms with Gasteiger partial charge in [-0.15, -0.1) is 0 Å². The zero-order valence-corrected chi connectivity index (χ0v) is 8.38. The lowest BCUT2D eigenvalue weighted by Gasteiger charge is -2.25. The van der Waals surface area contributed by atoms with Crippen LogP contribution >= 0.6 is 0 Å². The van der Waals surface area contributed by atoms with Crippen LogP contribution in [-0.4, -0.2) is 33.6 Å². The van der Waals surface area contributed by atoms with Gasteiger partial charge in [0.2, 0.25) is 5.91 Å². The zero-order valence-electron chi connectivity index (χ0n) is 8.38. The molecular weight excluding hydrogens is 212 g/mol. The first-order valence-electron chi connectivity index (χ1n) is 4.74. The Morgan fingerprint density at radius 1 is 1.38 bits per heavy atom. The number of urea groups is 1. The normalized spacial score (nSPS) is 16.2. The van der Waals surface area contributed by atoms with Crippen molar-refractivity contribution in [2.75, 3.05) is 11.4 Å². The summed E-state index contributed by atoms with van der Waals surface area (Å²) in [4.78, 5) is 31.6. The van der Waals surface area contributed by atoms with Crippen LogP contribution in [0.1, 0.15) is 12.1 Å². The Kier molecular flexibility index (Phi) is 2.78. The summed E-state index contributed by atoms with van der Waals surface area (Å²) in [6.07, 6.45) is 3.02. The number of anilines is 1. The molecule has 0 atom stereocenters. The highest BCUT2D eigenvalue weighted by atomic mass is 16.3.